The van der Waals surface area contributed by atoms with E-state index in [1.165, 1.54) is 18.4 Å². The highest BCUT2D eigenvalue weighted by molar-refractivity contribution is 5.92. The number of ether oxygens (including phenoxy) is 1. The molecule has 2 aliphatic rings. The lowest BCUT2D eigenvalue weighted by molar-refractivity contribution is 0.0589. The number of amides is 1. The molecule has 0 spiro atoms. The molecule has 0 atom stereocenters. The monoisotopic (exact) mass is 339 g/mol. The lowest BCUT2D eigenvalue weighted by Crippen LogP contribution is -2.42. The molecule has 1 amide bonds. The quantitative estimate of drug-likeness (QED) is 0.926. The van der Waals surface area contributed by atoms with Gasteiger partial charge in [-0.15, -0.1) is 0 Å². The van der Waals surface area contributed by atoms with Crippen molar-refractivity contribution in [3.8, 4) is 5.75 Å². The van der Waals surface area contributed by atoms with Crippen LogP contribution < -0.4 is 4.74 Å². The Morgan fingerprint density at radius 1 is 1.16 bits per heavy atom. The summed E-state index contributed by atoms with van der Waals surface area (Å²) in [7, 11) is 0. The van der Waals surface area contributed by atoms with Crippen molar-refractivity contribution in [1.29, 1.82) is 0 Å². The number of carbonyl (C=O) groups excluding carboxylic acids is 1. The highest BCUT2D eigenvalue weighted by Gasteiger charge is 2.29. The van der Waals surface area contributed by atoms with Crippen LogP contribution in [0.1, 0.15) is 58.9 Å². The molecule has 2 aromatic rings. The number of hydrogen-bond donors (Lipinski definition) is 1. The predicted molar refractivity (Wildman–Crippen MR) is 96.0 cm³/mol. The number of nitrogens with one attached hydrogen (secondary N) is 1. The number of nitrogens with zero attached hydrogens (tertiary/aromatic N) is 2. The fourth-order valence-electron chi connectivity index (χ4n) is 3.40. The molecule has 1 aliphatic heterocycles. The summed E-state index contributed by atoms with van der Waals surface area (Å²) < 4.78 is 6.18. The van der Waals surface area contributed by atoms with E-state index in [0.29, 0.717) is 11.6 Å². The molecule has 1 saturated carbocycles. The number of piperidine rings is 1. The van der Waals surface area contributed by atoms with Crippen LogP contribution in [0, 0.1) is 13.8 Å². The van der Waals surface area contributed by atoms with Crippen molar-refractivity contribution in [3.63, 3.8) is 0 Å². The maximum absolute atomic E-state index is 12.6. The topological polar surface area (TPSA) is 58.2 Å². The first-order valence-electron chi connectivity index (χ1n) is 9.18. The zero-order valence-electron chi connectivity index (χ0n) is 14.9. The predicted octanol–water partition coefficient (Wildman–Crippen LogP) is 3.59. The Bertz CT molecular complexity index is 771. The first-order chi connectivity index (χ1) is 12.1. The standard InChI is InChI=1S/C20H25N3O2/c1-13-3-4-14(2)19(11-13)25-16-7-9-23(10-8-16)20(24)18-12-17(21-22-18)15-5-6-15/h3-4,11-12,15-16H,5-10H2,1-2H3,(H,21,22). The molecule has 1 N–H and O–H groups in total. The minimum Gasteiger partial charge on any atom is -0.490 e. The average Bonchev–Trinajstić information content (AvgIpc) is 3.35. The number of likely N-dealkylation sites (tertiary alicyclic amines) is 1. The molecule has 5 heteroatoms. The fraction of sp³-hybridized carbons (Fsp3) is 0.500. The van der Waals surface area contributed by atoms with Crippen LogP contribution in [0.15, 0.2) is 24.3 Å². The zero-order chi connectivity index (χ0) is 17.4. The van der Waals surface area contributed by atoms with E-state index in [1.807, 2.05) is 11.0 Å². The van der Waals surface area contributed by atoms with E-state index in [-0.39, 0.29) is 12.0 Å². The van der Waals surface area contributed by atoms with Gasteiger partial charge < -0.3 is 9.64 Å². The van der Waals surface area contributed by atoms with E-state index in [4.69, 9.17) is 4.74 Å². The van der Waals surface area contributed by atoms with E-state index in [9.17, 15) is 4.79 Å². The lowest BCUT2D eigenvalue weighted by atomic mass is 10.1. The molecule has 0 unspecified atom stereocenters. The smallest absolute Gasteiger partial charge is 0.274 e. The Morgan fingerprint density at radius 3 is 2.64 bits per heavy atom. The number of benzene rings is 1. The molecule has 2 fully saturated rings. The maximum Gasteiger partial charge on any atom is 0.274 e. The van der Waals surface area contributed by atoms with Gasteiger partial charge in [-0.25, -0.2) is 0 Å². The summed E-state index contributed by atoms with van der Waals surface area (Å²) in [6.07, 6.45) is 4.30. The Labute approximate surface area is 148 Å². The number of rotatable bonds is 4. The van der Waals surface area contributed by atoms with Crippen molar-refractivity contribution in [2.75, 3.05) is 13.1 Å². The molecule has 2 heterocycles. The van der Waals surface area contributed by atoms with Crippen molar-refractivity contribution in [3.05, 3.63) is 46.8 Å². The Morgan fingerprint density at radius 2 is 1.92 bits per heavy atom. The highest BCUT2D eigenvalue weighted by Crippen LogP contribution is 2.39. The van der Waals surface area contributed by atoms with Crippen LogP contribution in [0.4, 0.5) is 0 Å². The van der Waals surface area contributed by atoms with Crippen LogP contribution >= 0.6 is 0 Å². The highest BCUT2D eigenvalue weighted by atomic mass is 16.5. The van der Waals surface area contributed by atoms with Crippen molar-refractivity contribution in [2.45, 2.75) is 51.6 Å². The van der Waals surface area contributed by atoms with Gasteiger partial charge in [0, 0.05) is 37.5 Å². The van der Waals surface area contributed by atoms with E-state index in [1.54, 1.807) is 0 Å². The second-order valence-corrected chi connectivity index (χ2v) is 7.36. The van der Waals surface area contributed by atoms with E-state index >= 15 is 0 Å². The van der Waals surface area contributed by atoms with Crippen LogP contribution in [0.25, 0.3) is 0 Å². The number of aryl methyl sites for hydroxylation is 2. The zero-order valence-corrected chi connectivity index (χ0v) is 14.9. The van der Waals surface area contributed by atoms with Gasteiger partial charge in [-0.05, 0) is 49.9 Å². The Balaban J connectivity index is 1.34. The first-order valence-corrected chi connectivity index (χ1v) is 9.18. The van der Waals surface area contributed by atoms with Crippen LogP contribution in [-0.4, -0.2) is 40.2 Å². The first kappa shape index (κ1) is 16.2. The summed E-state index contributed by atoms with van der Waals surface area (Å²) in [6.45, 7) is 5.59. The van der Waals surface area contributed by atoms with Crippen LogP contribution in [0.2, 0.25) is 0 Å². The average molecular weight is 339 g/mol. The van der Waals surface area contributed by atoms with Gasteiger partial charge in [-0.1, -0.05) is 12.1 Å². The molecule has 5 nitrogen and oxygen atoms in total. The van der Waals surface area contributed by atoms with Crippen LogP contribution in [0.3, 0.4) is 0 Å². The summed E-state index contributed by atoms with van der Waals surface area (Å²) >= 11 is 0. The van der Waals surface area contributed by atoms with Crippen molar-refractivity contribution < 1.29 is 9.53 Å². The largest absolute Gasteiger partial charge is 0.490 e. The van der Waals surface area contributed by atoms with Gasteiger partial charge in [-0.2, -0.15) is 5.10 Å². The maximum atomic E-state index is 12.6. The molecule has 0 bridgehead atoms. The minimum atomic E-state index is 0.0355. The minimum absolute atomic E-state index is 0.0355. The normalized spacial score (nSPS) is 18.4. The number of hydrogen-bond acceptors (Lipinski definition) is 3. The summed E-state index contributed by atoms with van der Waals surface area (Å²) in [5, 5.41) is 7.23. The summed E-state index contributed by atoms with van der Waals surface area (Å²) in [4.78, 5) is 14.5. The fourth-order valence-corrected chi connectivity index (χ4v) is 3.40. The molecule has 132 valence electrons. The molecular weight excluding hydrogens is 314 g/mol. The third-order valence-corrected chi connectivity index (χ3v) is 5.20. The summed E-state index contributed by atoms with van der Waals surface area (Å²) in [5.74, 6) is 1.59. The van der Waals surface area contributed by atoms with Gasteiger partial charge in [-0.3, -0.25) is 9.89 Å². The van der Waals surface area contributed by atoms with Gasteiger partial charge in [0.1, 0.15) is 17.5 Å². The molecule has 1 aromatic carbocycles. The lowest BCUT2D eigenvalue weighted by Gasteiger charge is -2.32. The van der Waals surface area contributed by atoms with Gasteiger partial charge in [0.25, 0.3) is 5.91 Å². The van der Waals surface area contributed by atoms with E-state index in [0.717, 1.165) is 42.9 Å². The Hall–Kier alpha value is -2.30. The summed E-state index contributed by atoms with van der Waals surface area (Å²) in [6, 6.07) is 8.22. The molecule has 1 saturated heterocycles. The van der Waals surface area contributed by atoms with Gasteiger partial charge in [0.15, 0.2) is 0 Å². The third-order valence-electron chi connectivity index (χ3n) is 5.20. The number of H-pyrrole nitrogens is 1. The molecule has 0 radical (unpaired) electrons. The third kappa shape index (κ3) is 3.55. The number of carbonyl (C=O) groups is 1. The van der Waals surface area contributed by atoms with Crippen LogP contribution in [0.5, 0.6) is 5.75 Å². The van der Waals surface area contributed by atoms with Gasteiger partial charge in [0.2, 0.25) is 0 Å². The van der Waals surface area contributed by atoms with E-state index in [2.05, 4.69) is 42.2 Å². The molecule has 1 aliphatic carbocycles. The molecular formula is C20H25N3O2. The van der Waals surface area contributed by atoms with Crippen molar-refractivity contribution in [2.24, 2.45) is 0 Å². The van der Waals surface area contributed by atoms with Crippen molar-refractivity contribution in [1.82, 2.24) is 15.1 Å². The molecule has 25 heavy (non-hydrogen) atoms. The second kappa shape index (κ2) is 6.54. The Kier molecular flexibility index (Phi) is 4.24. The van der Waals surface area contributed by atoms with E-state index < -0.39 is 0 Å². The van der Waals surface area contributed by atoms with Crippen LogP contribution in [-0.2, 0) is 0 Å². The van der Waals surface area contributed by atoms with Crippen molar-refractivity contribution >= 4 is 5.91 Å². The van der Waals surface area contributed by atoms with Gasteiger partial charge in [0.05, 0.1) is 0 Å². The number of aromatic amines is 1. The molecule has 1 aromatic heterocycles. The summed E-state index contributed by atoms with van der Waals surface area (Å²) in [5.41, 5.74) is 4.03. The number of aromatic nitrogens is 2. The molecule has 4 rings (SSSR count). The second-order valence-electron chi connectivity index (χ2n) is 7.36. The van der Waals surface area contributed by atoms with Gasteiger partial charge >= 0.3 is 0 Å². The SMILES string of the molecule is Cc1ccc(C)c(OC2CCN(C(=O)c3cc(C4CC4)[nH]n3)CC2)c1.